The largest absolute Gasteiger partial charge is 0.322 e. The maximum atomic E-state index is 13.6. The predicted molar refractivity (Wildman–Crippen MR) is 89.7 cm³/mol. The molecule has 8 heteroatoms. The highest BCUT2D eigenvalue weighted by Gasteiger charge is 2.17. The van der Waals surface area contributed by atoms with Gasteiger partial charge in [-0.1, -0.05) is 17.7 Å². The van der Waals surface area contributed by atoms with Gasteiger partial charge in [0, 0.05) is 18.0 Å². The quantitative estimate of drug-likeness (QED) is 0.573. The minimum Gasteiger partial charge on any atom is -0.322 e. The first-order valence-electron chi connectivity index (χ1n) is 6.91. The highest BCUT2D eigenvalue weighted by Crippen LogP contribution is 2.23. The van der Waals surface area contributed by atoms with Crippen LogP contribution in [-0.2, 0) is 11.3 Å². The number of hydrogen-bond acceptors (Lipinski definition) is 3. The molecule has 1 N–H and O–H groups in total. The zero-order valence-electron chi connectivity index (χ0n) is 12.5. The van der Waals surface area contributed by atoms with Crippen molar-refractivity contribution in [1.82, 2.24) is 4.90 Å². The first-order chi connectivity index (χ1) is 11.4. The van der Waals surface area contributed by atoms with E-state index in [9.17, 15) is 18.0 Å². The highest BCUT2D eigenvalue weighted by molar-refractivity contribution is 7.16. The molecule has 2 aromatic rings. The van der Waals surface area contributed by atoms with E-state index < -0.39 is 29.0 Å². The third-order valence-corrected chi connectivity index (χ3v) is 4.29. The summed E-state index contributed by atoms with van der Waals surface area (Å²) in [6, 6.07) is 5.33. The van der Waals surface area contributed by atoms with Crippen LogP contribution in [-0.4, -0.2) is 23.9 Å². The molecule has 1 aromatic carbocycles. The van der Waals surface area contributed by atoms with E-state index in [0.717, 1.165) is 17.0 Å². The van der Waals surface area contributed by atoms with Crippen molar-refractivity contribution >= 4 is 34.5 Å². The third kappa shape index (κ3) is 4.83. The molecule has 1 aromatic heterocycles. The maximum absolute atomic E-state index is 13.6. The molecule has 1 amide bonds. The molecule has 24 heavy (non-hydrogen) atoms. The van der Waals surface area contributed by atoms with Gasteiger partial charge in [0.05, 0.1) is 16.6 Å². The Kier molecular flexibility index (Phi) is 6.42. The van der Waals surface area contributed by atoms with E-state index in [-0.39, 0.29) is 6.54 Å². The molecule has 0 aliphatic heterocycles. The van der Waals surface area contributed by atoms with Gasteiger partial charge in [0.2, 0.25) is 5.91 Å². The molecule has 0 aliphatic carbocycles. The number of hydrogen-bond donors (Lipinski definition) is 1. The SMILES string of the molecule is C=CCN(CC(=O)Nc1ccc(F)c(F)c1F)Cc1ccc(Cl)s1. The van der Waals surface area contributed by atoms with Crippen LogP contribution in [0.2, 0.25) is 4.34 Å². The fourth-order valence-corrected chi connectivity index (χ4v) is 3.17. The van der Waals surface area contributed by atoms with E-state index in [1.165, 1.54) is 11.3 Å². The second kappa shape index (κ2) is 8.32. The molecule has 0 aliphatic rings. The van der Waals surface area contributed by atoms with Gasteiger partial charge in [-0.05, 0) is 24.3 Å². The number of halogens is 4. The van der Waals surface area contributed by atoms with E-state index >= 15 is 0 Å². The summed E-state index contributed by atoms with van der Waals surface area (Å²) in [4.78, 5) is 14.8. The molecule has 2 rings (SSSR count). The second-order valence-electron chi connectivity index (χ2n) is 4.94. The van der Waals surface area contributed by atoms with E-state index in [2.05, 4.69) is 11.9 Å². The number of thiophene rings is 1. The number of benzene rings is 1. The van der Waals surface area contributed by atoms with E-state index in [1.54, 1.807) is 17.0 Å². The van der Waals surface area contributed by atoms with Gasteiger partial charge in [-0.25, -0.2) is 13.2 Å². The summed E-state index contributed by atoms with van der Waals surface area (Å²) < 4.78 is 40.3. The Hall–Kier alpha value is -1.83. The Labute approximate surface area is 146 Å². The summed E-state index contributed by atoms with van der Waals surface area (Å²) in [5.41, 5.74) is -0.406. The van der Waals surface area contributed by atoms with Gasteiger partial charge in [-0.2, -0.15) is 0 Å². The third-order valence-electron chi connectivity index (χ3n) is 3.07. The van der Waals surface area contributed by atoms with Crippen LogP contribution >= 0.6 is 22.9 Å². The van der Waals surface area contributed by atoms with Crippen LogP contribution in [0.4, 0.5) is 18.9 Å². The van der Waals surface area contributed by atoms with Gasteiger partial charge < -0.3 is 5.32 Å². The molecule has 128 valence electrons. The molecule has 0 saturated carbocycles. The normalized spacial score (nSPS) is 10.9. The standard InChI is InChI=1S/C16H14ClF3N2OS/c1-2-7-22(8-10-3-6-13(17)24-10)9-14(23)21-12-5-4-11(18)15(19)16(12)20/h2-6H,1,7-9H2,(H,21,23). The second-order valence-corrected chi connectivity index (χ2v) is 6.73. The van der Waals surface area contributed by atoms with Crippen LogP contribution in [0, 0.1) is 17.5 Å². The lowest BCUT2D eigenvalue weighted by atomic mass is 10.2. The number of amides is 1. The molecule has 0 bridgehead atoms. The van der Waals surface area contributed by atoms with Crippen molar-refractivity contribution in [1.29, 1.82) is 0 Å². The average Bonchev–Trinajstić information content (AvgIpc) is 2.93. The van der Waals surface area contributed by atoms with Gasteiger partial charge in [-0.15, -0.1) is 17.9 Å². The average molecular weight is 375 g/mol. The van der Waals surface area contributed by atoms with Crippen LogP contribution in [0.25, 0.3) is 0 Å². The molecule has 1 heterocycles. The zero-order chi connectivity index (χ0) is 17.7. The van der Waals surface area contributed by atoms with Crippen molar-refractivity contribution in [2.45, 2.75) is 6.54 Å². The Morgan fingerprint density at radius 2 is 2.00 bits per heavy atom. The molecule has 0 fully saturated rings. The highest BCUT2D eigenvalue weighted by atomic mass is 35.5. The first kappa shape index (κ1) is 18.5. The van der Waals surface area contributed by atoms with Crippen molar-refractivity contribution in [2.24, 2.45) is 0 Å². The molecule has 0 radical (unpaired) electrons. The maximum Gasteiger partial charge on any atom is 0.238 e. The summed E-state index contributed by atoms with van der Waals surface area (Å²) in [6.45, 7) is 4.43. The van der Waals surface area contributed by atoms with E-state index in [0.29, 0.717) is 17.4 Å². The first-order valence-corrected chi connectivity index (χ1v) is 8.11. The lowest BCUT2D eigenvalue weighted by molar-refractivity contribution is -0.117. The van der Waals surface area contributed by atoms with Crippen molar-refractivity contribution in [2.75, 3.05) is 18.4 Å². The molecule has 0 spiro atoms. The Morgan fingerprint density at radius 3 is 2.62 bits per heavy atom. The number of anilines is 1. The van der Waals surface area contributed by atoms with Gasteiger partial charge >= 0.3 is 0 Å². The molecular weight excluding hydrogens is 361 g/mol. The Balaban J connectivity index is 2.02. The van der Waals surface area contributed by atoms with E-state index in [4.69, 9.17) is 11.6 Å². The monoisotopic (exact) mass is 374 g/mol. The van der Waals surface area contributed by atoms with Crippen molar-refractivity contribution < 1.29 is 18.0 Å². The van der Waals surface area contributed by atoms with Crippen LogP contribution in [0.1, 0.15) is 4.88 Å². The Bertz CT molecular complexity index is 751. The van der Waals surface area contributed by atoms with Crippen LogP contribution in [0.15, 0.2) is 36.9 Å². The zero-order valence-corrected chi connectivity index (χ0v) is 14.1. The minimum absolute atomic E-state index is 0.0695. The van der Waals surface area contributed by atoms with Gasteiger partial charge in [-0.3, -0.25) is 9.69 Å². The van der Waals surface area contributed by atoms with E-state index in [1.807, 2.05) is 6.07 Å². The van der Waals surface area contributed by atoms with Gasteiger partial charge in [0.25, 0.3) is 0 Å². The number of carbonyl (C=O) groups excluding carboxylic acids is 1. The fraction of sp³-hybridized carbons (Fsp3) is 0.188. The molecule has 0 unspecified atom stereocenters. The minimum atomic E-state index is -1.62. The van der Waals surface area contributed by atoms with Crippen molar-refractivity contribution in [3.8, 4) is 0 Å². The van der Waals surface area contributed by atoms with Crippen molar-refractivity contribution in [3.63, 3.8) is 0 Å². The summed E-state index contributed by atoms with van der Waals surface area (Å²) in [5.74, 6) is -4.91. The number of rotatable bonds is 7. The van der Waals surface area contributed by atoms with Crippen LogP contribution in [0.3, 0.4) is 0 Å². The topological polar surface area (TPSA) is 32.3 Å². The number of carbonyl (C=O) groups is 1. The molecular formula is C16H14ClF3N2OS. The summed E-state index contributed by atoms with van der Waals surface area (Å²) in [7, 11) is 0. The van der Waals surface area contributed by atoms with Gasteiger partial charge in [0.15, 0.2) is 17.5 Å². The summed E-state index contributed by atoms with van der Waals surface area (Å²) >= 11 is 7.26. The number of nitrogens with zero attached hydrogens (tertiary/aromatic N) is 1. The number of nitrogens with one attached hydrogen (secondary N) is 1. The van der Waals surface area contributed by atoms with Crippen LogP contribution in [0.5, 0.6) is 0 Å². The van der Waals surface area contributed by atoms with Crippen molar-refractivity contribution in [3.05, 3.63) is 63.6 Å². The summed E-state index contributed by atoms with van der Waals surface area (Å²) in [6.07, 6.45) is 1.63. The Morgan fingerprint density at radius 1 is 1.25 bits per heavy atom. The lowest BCUT2D eigenvalue weighted by Crippen LogP contribution is -2.33. The van der Waals surface area contributed by atoms with Crippen LogP contribution < -0.4 is 5.32 Å². The smallest absolute Gasteiger partial charge is 0.238 e. The van der Waals surface area contributed by atoms with Gasteiger partial charge in [0.1, 0.15) is 0 Å². The predicted octanol–water partition coefficient (Wildman–Crippen LogP) is 4.45. The molecule has 3 nitrogen and oxygen atoms in total. The summed E-state index contributed by atoms with van der Waals surface area (Å²) in [5, 5.41) is 2.24. The molecule has 0 atom stereocenters. The fourth-order valence-electron chi connectivity index (χ4n) is 2.04. The molecule has 0 saturated heterocycles. The lowest BCUT2D eigenvalue weighted by Gasteiger charge is -2.19.